The molecule has 1 aromatic rings. The van der Waals surface area contributed by atoms with E-state index in [1.54, 1.807) is 19.1 Å². The Morgan fingerprint density at radius 1 is 1.46 bits per heavy atom. The van der Waals surface area contributed by atoms with Gasteiger partial charge in [0.05, 0.1) is 0 Å². The van der Waals surface area contributed by atoms with E-state index in [0.29, 0.717) is 15.8 Å². The fourth-order valence-electron chi connectivity index (χ4n) is 0.767. The van der Waals surface area contributed by atoms with Gasteiger partial charge >= 0.3 is 0 Å². The highest BCUT2D eigenvalue weighted by Gasteiger charge is 2.02. The number of hydrogen-bond donors (Lipinski definition) is 0. The molecule has 4 heteroatoms. The fourth-order valence-corrected chi connectivity index (χ4v) is 0.963. The molecule has 0 heterocycles. The van der Waals surface area contributed by atoms with Crippen molar-refractivity contribution >= 4 is 28.9 Å². The van der Waals surface area contributed by atoms with Crippen molar-refractivity contribution in [1.82, 2.24) is 0 Å². The number of halogens is 1. The minimum absolute atomic E-state index is 0.333. The van der Waals surface area contributed by atoms with E-state index >= 15 is 0 Å². The largest absolute Gasteiger partial charge is 0.289 e. The van der Waals surface area contributed by atoms with Gasteiger partial charge in [-0.2, -0.15) is 0 Å². The van der Waals surface area contributed by atoms with Crippen LogP contribution in [0.5, 0.6) is 5.75 Å². The highest BCUT2D eigenvalue weighted by atomic mass is 35.5. The molecular formula is C9H9ClO2S. The summed E-state index contributed by atoms with van der Waals surface area (Å²) in [6.45, 7) is 3.53. The molecule has 0 saturated heterocycles. The van der Waals surface area contributed by atoms with E-state index in [9.17, 15) is 0 Å². The molecule has 0 spiro atoms. The van der Waals surface area contributed by atoms with Gasteiger partial charge in [0, 0.05) is 18.0 Å². The first kappa shape index (κ1) is 10.3. The summed E-state index contributed by atoms with van der Waals surface area (Å²) in [5.74, 6) is 0.580. The van der Waals surface area contributed by atoms with Crippen LogP contribution in [0.2, 0.25) is 5.02 Å². The van der Waals surface area contributed by atoms with Gasteiger partial charge in [0.25, 0.3) is 0 Å². The maximum atomic E-state index is 5.76. The van der Waals surface area contributed by atoms with E-state index in [4.69, 9.17) is 33.6 Å². The van der Waals surface area contributed by atoms with Gasteiger partial charge in [0.1, 0.15) is 0 Å². The van der Waals surface area contributed by atoms with E-state index in [1.807, 2.05) is 13.0 Å². The lowest BCUT2D eigenvalue weighted by Gasteiger charge is -2.06. The predicted octanol–water partition coefficient (Wildman–Crippen LogP) is 3.31. The molecule has 0 unspecified atom stereocenters. The van der Waals surface area contributed by atoms with Crippen molar-refractivity contribution in [2.24, 2.45) is 0 Å². The monoisotopic (exact) mass is 216 g/mol. The van der Waals surface area contributed by atoms with Gasteiger partial charge in [-0.3, -0.25) is 9.78 Å². The molecule has 13 heavy (non-hydrogen) atoms. The van der Waals surface area contributed by atoms with Gasteiger partial charge < -0.3 is 0 Å². The average Bonchev–Trinajstić information content (AvgIpc) is 2.06. The number of thiocarbonyl (C=S) groups is 1. The van der Waals surface area contributed by atoms with Gasteiger partial charge in [-0.05, 0) is 30.8 Å². The van der Waals surface area contributed by atoms with E-state index in [-0.39, 0.29) is 0 Å². The van der Waals surface area contributed by atoms with Crippen LogP contribution in [0.15, 0.2) is 18.2 Å². The predicted molar refractivity (Wildman–Crippen MR) is 56.2 cm³/mol. The summed E-state index contributed by atoms with van der Waals surface area (Å²) in [5, 5.41) is 0.936. The van der Waals surface area contributed by atoms with Gasteiger partial charge in [-0.25, -0.2) is 0 Å². The molecule has 1 aromatic carbocycles. The summed E-state index contributed by atoms with van der Waals surface area (Å²) in [6.07, 6.45) is 0. The molecule has 0 radical (unpaired) electrons. The lowest BCUT2D eigenvalue weighted by molar-refractivity contribution is -0.114. The van der Waals surface area contributed by atoms with Crippen LogP contribution in [-0.4, -0.2) is 5.05 Å². The standard InChI is InChI=1S/C9H9ClO2S/c1-6-3-4-8(10)5-9(6)12-11-7(2)13/h3-5H,1-2H3. The number of rotatable bonds is 2. The summed E-state index contributed by atoms with van der Waals surface area (Å²) in [7, 11) is 0. The maximum Gasteiger partial charge on any atom is 0.215 e. The van der Waals surface area contributed by atoms with Gasteiger partial charge in [0.15, 0.2) is 5.75 Å². The lowest BCUT2D eigenvalue weighted by Crippen LogP contribution is -2.01. The Hall–Kier alpha value is -0.800. The van der Waals surface area contributed by atoms with Crippen LogP contribution in [0.1, 0.15) is 12.5 Å². The second-order valence-electron chi connectivity index (χ2n) is 2.57. The van der Waals surface area contributed by atoms with Crippen molar-refractivity contribution in [2.45, 2.75) is 13.8 Å². The van der Waals surface area contributed by atoms with E-state index in [1.165, 1.54) is 0 Å². The Bertz CT molecular complexity index is 325. The summed E-state index contributed by atoms with van der Waals surface area (Å²) in [5.41, 5.74) is 0.945. The molecule has 0 saturated carbocycles. The Kier molecular flexibility index (Phi) is 3.51. The molecule has 2 nitrogen and oxygen atoms in total. The summed E-state index contributed by atoms with van der Waals surface area (Å²) < 4.78 is 0. The highest BCUT2D eigenvalue weighted by molar-refractivity contribution is 7.80. The first-order valence-corrected chi connectivity index (χ1v) is 4.49. The van der Waals surface area contributed by atoms with Gasteiger partial charge in [-0.15, -0.1) is 0 Å². The van der Waals surface area contributed by atoms with Gasteiger partial charge in [-0.1, -0.05) is 17.7 Å². The number of benzene rings is 1. The molecule has 0 amide bonds. The average molecular weight is 217 g/mol. The Labute approximate surface area is 87.3 Å². The highest BCUT2D eigenvalue weighted by Crippen LogP contribution is 2.22. The number of hydrogen-bond acceptors (Lipinski definition) is 3. The Balaban J connectivity index is 2.75. The quantitative estimate of drug-likeness (QED) is 0.429. The summed E-state index contributed by atoms with van der Waals surface area (Å²) in [4.78, 5) is 9.69. The van der Waals surface area contributed by atoms with Crippen LogP contribution in [-0.2, 0) is 4.89 Å². The second kappa shape index (κ2) is 4.44. The molecule has 70 valence electrons. The van der Waals surface area contributed by atoms with Crippen LogP contribution in [0.4, 0.5) is 0 Å². The second-order valence-corrected chi connectivity index (χ2v) is 3.58. The third-order valence-electron chi connectivity index (χ3n) is 1.40. The minimum atomic E-state index is 0.333. The Morgan fingerprint density at radius 3 is 2.77 bits per heavy atom. The van der Waals surface area contributed by atoms with E-state index in [2.05, 4.69) is 0 Å². The third kappa shape index (κ3) is 3.20. The number of aryl methyl sites for hydroxylation is 1. The zero-order valence-corrected chi connectivity index (χ0v) is 8.91. The molecule has 1 rings (SSSR count). The first-order valence-electron chi connectivity index (χ1n) is 3.71. The van der Waals surface area contributed by atoms with Crippen molar-refractivity contribution in [1.29, 1.82) is 0 Å². The summed E-state index contributed by atoms with van der Waals surface area (Å²) in [6, 6.07) is 5.31. The van der Waals surface area contributed by atoms with Crippen LogP contribution in [0.3, 0.4) is 0 Å². The molecule has 0 aliphatic heterocycles. The first-order chi connectivity index (χ1) is 6.09. The summed E-state index contributed by atoms with van der Waals surface area (Å²) >= 11 is 10.5. The molecule has 0 N–H and O–H groups in total. The molecule has 0 bridgehead atoms. The van der Waals surface area contributed by atoms with Crippen LogP contribution < -0.4 is 4.89 Å². The molecule has 0 aliphatic rings. The van der Waals surface area contributed by atoms with Crippen LogP contribution in [0.25, 0.3) is 0 Å². The van der Waals surface area contributed by atoms with Crippen LogP contribution in [0, 0.1) is 6.92 Å². The van der Waals surface area contributed by atoms with Crippen molar-refractivity contribution in [3.63, 3.8) is 0 Å². The van der Waals surface area contributed by atoms with E-state index < -0.39 is 0 Å². The van der Waals surface area contributed by atoms with Crippen molar-refractivity contribution in [3.05, 3.63) is 28.8 Å². The zero-order chi connectivity index (χ0) is 9.84. The normalized spacial score (nSPS) is 9.46. The minimum Gasteiger partial charge on any atom is -0.289 e. The van der Waals surface area contributed by atoms with Gasteiger partial charge in [0.2, 0.25) is 5.05 Å². The Morgan fingerprint density at radius 2 is 2.15 bits per heavy atom. The topological polar surface area (TPSA) is 18.5 Å². The molecule has 0 atom stereocenters. The van der Waals surface area contributed by atoms with E-state index in [0.717, 1.165) is 5.56 Å². The fraction of sp³-hybridized carbons (Fsp3) is 0.222. The molecule has 0 aliphatic carbocycles. The molecular weight excluding hydrogens is 208 g/mol. The third-order valence-corrected chi connectivity index (χ3v) is 1.70. The zero-order valence-electron chi connectivity index (χ0n) is 7.33. The van der Waals surface area contributed by atoms with Crippen molar-refractivity contribution in [2.75, 3.05) is 0 Å². The lowest BCUT2D eigenvalue weighted by atomic mass is 10.2. The maximum absolute atomic E-state index is 5.76. The van der Waals surface area contributed by atoms with Crippen molar-refractivity contribution in [3.8, 4) is 5.75 Å². The molecule has 0 aromatic heterocycles. The molecule has 0 fully saturated rings. The SMILES string of the molecule is CC(=S)OOc1cc(Cl)ccc1C. The van der Waals surface area contributed by atoms with Crippen molar-refractivity contribution < 1.29 is 9.78 Å². The smallest absolute Gasteiger partial charge is 0.215 e. The van der Waals surface area contributed by atoms with Crippen LogP contribution >= 0.6 is 23.8 Å².